The summed E-state index contributed by atoms with van der Waals surface area (Å²) in [4.78, 5) is 2.00. The lowest BCUT2D eigenvalue weighted by Crippen LogP contribution is -2.41. The highest BCUT2D eigenvalue weighted by Crippen LogP contribution is 2.34. The van der Waals surface area contributed by atoms with Crippen molar-refractivity contribution >= 4 is 0 Å². The molecule has 2 nitrogen and oxygen atoms in total. The summed E-state index contributed by atoms with van der Waals surface area (Å²) in [5.74, 6) is 0.0384. The van der Waals surface area contributed by atoms with E-state index in [4.69, 9.17) is 0 Å². The van der Waals surface area contributed by atoms with Gasteiger partial charge in [-0.1, -0.05) is 6.92 Å². The summed E-state index contributed by atoms with van der Waals surface area (Å²) < 4.78 is 37.7. The van der Waals surface area contributed by atoms with Crippen LogP contribution in [0.25, 0.3) is 0 Å². The summed E-state index contributed by atoms with van der Waals surface area (Å²) in [7, 11) is 0. The van der Waals surface area contributed by atoms with E-state index in [0.29, 0.717) is 18.4 Å². The van der Waals surface area contributed by atoms with E-state index in [2.05, 4.69) is 12.2 Å². The Balaban J connectivity index is 1.81. The fourth-order valence-corrected chi connectivity index (χ4v) is 2.94. The van der Waals surface area contributed by atoms with E-state index in [1.165, 1.54) is 0 Å². The molecule has 5 heteroatoms. The van der Waals surface area contributed by atoms with Crippen LogP contribution in [0.2, 0.25) is 0 Å². The molecule has 0 aromatic carbocycles. The Labute approximate surface area is 101 Å². The van der Waals surface area contributed by atoms with Gasteiger partial charge in [-0.25, -0.2) is 0 Å². The van der Waals surface area contributed by atoms with E-state index in [-0.39, 0.29) is 13.0 Å². The summed E-state index contributed by atoms with van der Waals surface area (Å²) in [5.41, 5.74) is 0. The van der Waals surface area contributed by atoms with Gasteiger partial charge in [-0.2, -0.15) is 13.2 Å². The zero-order valence-electron chi connectivity index (χ0n) is 10.3. The summed E-state index contributed by atoms with van der Waals surface area (Å²) in [5, 5.41) is 3.32. The first-order chi connectivity index (χ1) is 7.97. The van der Waals surface area contributed by atoms with Gasteiger partial charge in [0.25, 0.3) is 0 Å². The lowest BCUT2D eigenvalue weighted by Gasteiger charge is -2.32. The number of nitrogens with one attached hydrogen (secondary N) is 1. The lowest BCUT2D eigenvalue weighted by atomic mass is 9.87. The highest BCUT2D eigenvalue weighted by Gasteiger charge is 2.43. The molecule has 0 aromatic heterocycles. The van der Waals surface area contributed by atoms with Gasteiger partial charge >= 0.3 is 6.18 Å². The Morgan fingerprint density at radius 3 is 2.65 bits per heavy atom. The molecular formula is C12H21F3N2. The molecule has 2 aliphatic rings. The van der Waals surface area contributed by atoms with Crippen molar-refractivity contribution in [1.82, 2.24) is 10.2 Å². The summed E-state index contributed by atoms with van der Waals surface area (Å²) in [6.45, 7) is 5.86. The average Bonchev–Trinajstić information content (AvgIpc) is 2.69. The van der Waals surface area contributed by atoms with Crippen LogP contribution in [0.4, 0.5) is 13.2 Å². The smallest absolute Gasteiger partial charge is 0.316 e. The van der Waals surface area contributed by atoms with Crippen LogP contribution in [0, 0.1) is 17.8 Å². The van der Waals surface area contributed by atoms with Gasteiger partial charge in [-0.05, 0) is 44.3 Å². The molecule has 0 aliphatic carbocycles. The first-order valence-corrected chi connectivity index (χ1v) is 6.46. The van der Waals surface area contributed by atoms with Crippen molar-refractivity contribution in [2.24, 2.45) is 17.8 Å². The topological polar surface area (TPSA) is 15.3 Å². The predicted octanol–water partition coefficient (Wildman–Crippen LogP) is 2.12. The maximum absolute atomic E-state index is 12.6. The number of hydrogen-bond acceptors (Lipinski definition) is 2. The standard InChI is InChI=1S/C12H21F3N2/c1-9-6-16-4-2-10(9)7-17-5-3-11(8-17)12(13,14)15/h9-11,16H,2-8H2,1H3. The van der Waals surface area contributed by atoms with Crippen molar-refractivity contribution in [1.29, 1.82) is 0 Å². The van der Waals surface area contributed by atoms with Crippen molar-refractivity contribution in [3.63, 3.8) is 0 Å². The molecule has 0 spiro atoms. The van der Waals surface area contributed by atoms with Crippen molar-refractivity contribution < 1.29 is 13.2 Å². The first kappa shape index (κ1) is 13.1. The number of likely N-dealkylation sites (tertiary alicyclic amines) is 1. The molecule has 17 heavy (non-hydrogen) atoms. The highest BCUT2D eigenvalue weighted by molar-refractivity contribution is 4.84. The van der Waals surface area contributed by atoms with Crippen LogP contribution in [0.5, 0.6) is 0 Å². The third-order valence-corrected chi connectivity index (χ3v) is 4.19. The third kappa shape index (κ3) is 3.35. The second-order valence-electron chi connectivity index (χ2n) is 5.52. The zero-order chi connectivity index (χ0) is 12.5. The van der Waals surface area contributed by atoms with E-state index in [1.54, 1.807) is 0 Å². The molecule has 0 aromatic rings. The van der Waals surface area contributed by atoms with Gasteiger partial charge in [0.1, 0.15) is 0 Å². The van der Waals surface area contributed by atoms with Crippen molar-refractivity contribution in [2.45, 2.75) is 25.9 Å². The molecular weight excluding hydrogens is 229 g/mol. The maximum atomic E-state index is 12.6. The van der Waals surface area contributed by atoms with Crippen LogP contribution < -0.4 is 5.32 Å². The molecule has 2 heterocycles. The van der Waals surface area contributed by atoms with Crippen LogP contribution in [0.1, 0.15) is 19.8 Å². The van der Waals surface area contributed by atoms with Crippen LogP contribution in [0.15, 0.2) is 0 Å². The molecule has 0 saturated carbocycles. The normalized spacial score (nSPS) is 36.4. The molecule has 2 fully saturated rings. The molecule has 3 unspecified atom stereocenters. The molecule has 0 amide bonds. The first-order valence-electron chi connectivity index (χ1n) is 6.46. The SMILES string of the molecule is CC1CNCCC1CN1CCC(C(F)(F)F)C1. The Kier molecular flexibility index (Phi) is 3.98. The summed E-state index contributed by atoms with van der Waals surface area (Å²) in [6.07, 6.45) is -2.63. The van der Waals surface area contributed by atoms with E-state index < -0.39 is 12.1 Å². The van der Waals surface area contributed by atoms with Crippen molar-refractivity contribution in [2.75, 3.05) is 32.7 Å². The molecule has 0 radical (unpaired) electrons. The second-order valence-corrected chi connectivity index (χ2v) is 5.52. The average molecular weight is 250 g/mol. The van der Waals surface area contributed by atoms with E-state index in [1.807, 2.05) is 4.90 Å². The Hall–Kier alpha value is -0.290. The van der Waals surface area contributed by atoms with Crippen molar-refractivity contribution in [3.8, 4) is 0 Å². The zero-order valence-corrected chi connectivity index (χ0v) is 10.3. The monoisotopic (exact) mass is 250 g/mol. The van der Waals surface area contributed by atoms with Gasteiger partial charge in [0.15, 0.2) is 0 Å². The second kappa shape index (κ2) is 5.14. The maximum Gasteiger partial charge on any atom is 0.393 e. The van der Waals surface area contributed by atoms with E-state index in [9.17, 15) is 13.2 Å². The molecule has 1 N–H and O–H groups in total. The molecule has 2 aliphatic heterocycles. The summed E-state index contributed by atoms with van der Waals surface area (Å²) >= 11 is 0. The van der Waals surface area contributed by atoms with E-state index >= 15 is 0 Å². The van der Waals surface area contributed by atoms with Gasteiger partial charge in [0.2, 0.25) is 0 Å². The minimum atomic E-state index is -4.01. The Morgan fingerprint density at radius 1 is 1.29 bits per heavy atom. The quantitative estimate of drug-likeness (QED) is 0.807. The van der Waals surface area contributed by atoms with Crippen LogP contribution in [-0.2, 0) is 0 Å². The Morgan fingerprint density at radius 2 is 2.06 bits per heavy atom. The third-order valence-electron chi connectivity index (χ3n) is 4.19. The van der Waals surface area contributed by atoms with Gasteiger partial charge in [0, 0.05) is 13.1 Å². The molecule has 3 atom stereocenters. The van der Waals surface area contributed by atoms with Gasteiger partial charge < -0.3 is 10.2 Å². The number of piperidine rings is 1. The predicted molar refractivity (Wildman–Crippen MR) is 60.7 cm³/mol. The van der Waals surface area contributed by atoms with Gasteiger partial charge in [-0.15, -0.1) is 0 Å². The van der Waals surface area contributed by atoms with Crippen molar-refractivity contribution in [3.05, 3.63) is 0 Å². The van der Waals surface area contributed by atoms with E-state index in [0.717, 1.165) is 26.1 Å². The number of alkyl halides is 3. The molecule has 2 rings (SSSR count). The molecule has 0 bridgehead atoms. The minimum absolute atomic E-state index is 0.208. The van der Waals surface area contributed by atoms with Crippen LogP contribution in [-0.4, -0.2) is 43.8 Å². The number of rotatable bonds is 2. The number of nitrogens with zero attached hydrogens (tertiary/aromatic N) is 1. The fraction of sp³-hybridized carbons (Fsp3) is 1.00. The summed E-state index contributed by atoms with van der Waals surface area (Å²) in [6, 6.07) is 0. The van der Waals surface area contributed by atoms with Gasteiger partial charge in [-0.3, -0.25) is 0 Å². The molecule has 100 valence electrons. The number of hydrogen-bond donors (Lipinski definition) is 1. The highest BCUT2D eigenvalue weighted by atomic mass is 19.4. The van der Waals surface area contributed by atoms with Crippen LogP contribution in [0.3, 0.4) is 0 Å². The van der Waals surface area contributed by atoms with Crippen LogP contribution >= 0.6 is 0 Å². The lowest BCUT2D eigenvalue weighted by molar-refractivity contribution is -0.170. The molecule has 2 saturated heterocycles. The number of halogens is 3. The Bertz CT molecular complexity index is 255. The largest absolute Gasteiger partial charge is 0.393 e. The van der Waals surface area contributed by atoms with Gasteiger partial charge in [0.05, 0.1) is 5.92 Å². The fourth-order valence-electron chi connectivity index (χ4n) is 2.94. The minimum Gasteiger partial charge on any atom is -0.316 e.